The molecule has 0 saturated heterocycles. The molecule has 0 aliphatic heterocycles. The summed E-state index contributed by atoms with van der Waals surface area (Å²) in [4.78, 5) is 12.9. The number of benzene rings is 1. The van der Waals surface area contributed by atoms with E-state index in [4.69, 9.17) is 9.15 Å². The summed E-state index contributed by atoms with van der Waals surface area (Å²) in [6.45, 7) is 1.14. The molecule has 4 aromatic heterocycles. The average molecular weight is 404 g/mol. The SMILES string of the molecule is COCCn1c(Sc2ncnc3c2oc2ccccc23)nnc1-c1ccncc1. The lowest BCUT2D eigenvalue weighted by atomic mass is 10.2. The third-order valence-corrected chi connectivity index (χ3v) is 5.46. The molecular formula is C20H16N6O2S. The van der Waals surface area contributed by atoms with Crippen LogP contribution >= 0.6 is 11.8 Å². The molecule has 5 aromatic rings. The summed E-state index contributed by atoms with van der Waals surface area (Å²) < 4.78 is 13.3. The Hall–Kier alpha value is -3.30. The van der Waals surface area contributed by atoms with E-state index >= 15 is 0 Å². The predicted octanol–water partition coefficient (Wildman–Crippen LogP) is 3.83. The van der Waals surface area contributed by atoms with E-state index in [1.165, 1.54) is 11.8 Å². The van der Waals surface area contributed by atoms with E-state index in [-0.39, 0.29) is 0 Å². The maximum atomic E-state index is 6.03. The maximum absolute atomic E-state index is 6.03. The molecule has 0 unspecified atom stereocenters. The van der Waals surface area contributed by atoms with Crippen LogP contribution in [0.1, 0.15) is 0 Å². The molecule has 0 spiro atoms. The first kappa shape index (κ1) is 17.8. The molecule has 0 aliphatic rings. The van der Waals surface area contributed by atoms with Crippen LogP contribution in [-0.2, 0) is 11.3 Å². The number of hydrogen-bond acceptors (Lipinski definition) is 8. The van der Waals surface area contributed by atoms with Crippen molar-refractivity contribution in [1.29, 1.82) is 0 Å². The van der Waals surface area contributed by atoms with E-state index in [0.717, 1.165) is 27.9 Å². The summed E-state index contributed by atoms with van der Waals surface area (Å²) in [5.41, 5.74) is 3.15. The van der Waals surface area contributed by atoms with Gasteiger partial charge in [-0.25, -0.2) is 9.97 Å². The summed E-state index contributed by atoms with van der Waals surface area (Å²) in [6.07, 6.45) is 5.02. The average Bonchev–Trinajstić information content (AvgIpc) is 3.35. The lowest BCUT2D eigenvalue weighted by Gasteiger charge is -2.09. The Morgan fingerprint density at radius 1 is 1.07 bits per heavy atom. The largest absolute Gasteiger partial charge is 0.451 e. The van der Waals surface area contributed by atoms with Gasteiger partial charge in [0.05, 0.1) is 13.2 Å². The summed E-state index contributed by atoms with van der Waals surface area (Å²) in [7, 11) is 1.67. The Morgan fingerprint density at radius 3 is 2.79 bits per heavy atom. The number of rotatable bonds is 6. The van der Waals surface area contributed by atoms with Crippen molar-refractivity contribution >= 4 is 33.8 Å². The molecule has 5 rings (SSSR count). The van der Waals surface area contributed by atoms with Gasteiger partial charge in [-0.1, -0.05) is 12.1 Å². The first-order valence-corrected chi connectivity index (χ1v) is 9.79. The van der Waals surface area contributed by atoms with Crippen LogP contribution in [0.15, 0.2) is 69.7 Å². The lowest BCUT2D eigenvalue weighted by Crippen LogP contribution is -2.07. The number of methoxy groups -OCH3 is 1. The Kier molecular flexibility index (Phi) is 4.66. The van der Waals surface area contributed by atoms with Crippen molar-refractivity contribution in [2.24, 2.45) is 0 Å². The third kappa shape index (κ3) is 3.24. The van der Waals surface area contributed by atoms with Crippen LogP contribution in [0.2, 0.25) is 0 Å². The van der Waals surface area contributed by atoms with Gasteiger partial charge < -0.3 is 9.15 Å². The number of nitrogens with zero attached hydrogens (tertiary/aromatic N) is 6. The zero-order valence-electron chi connectivity index (χ0n) is 15.5. The van der Waals surface area contributed by atoms with Crippen LogP contribution in [0.3, 0.4) is 0 Å². The Balaban J connectivity index is 1.59. The molecule has 0 saturated carbocycles. The van der Waals surface area contributed by atoms with Crippen LogP contribution in [-0.4, -0.2) is 43.4 Å². The quantitative estimate of drug-likeness (QED) is 0.394. The van der Waals surface area contributed by atoms with Crippen molar-refractivity contribution < 1.29 is 9.15 Å². The van der Waals surface area contributed by atoms with Gasteiger partial charge in [0.15, 0.2) is 21.6 Å². The number of pyridine rings is 1. The van der Waals surface area contributed by atoms with E-state index in [1.807, 2.05) is 41.0 Å². The van der Waals surface area contributed by atoms with Crippen LogP contribution in [0.5, 0.6) is 0 Å². The van der Waals surface area contributed by atoms with E-state index < -0.39 is 0 Å². The second kappa shape index (κ2) is 7.61. The highest BCUT2D eigenvalue weighted by Gasteiger charge is 2.19. The maximum Gasteiger partial charge on any atom is 0.198 e. The highest BCUT2D eigenvalue weighted by Crippen LogP contribution is 2.36. The van der Waals surface area contributed by atoms with Gasteiger partial charge >= 0.3 is 0 Å². The predicted molar refractivity (Wildman–Crippen MR) is 109 cm³/mol. The number of aromatic nitrogens is 6. The van der Waals surface area contributed by atoms with Crippen molar-refractivity contribution in [3.05, 3.63) is 55.1 Å². The molecule has 9 heteroatoms. The molecule has 0 atom stereocenters. The van der Waals surface area contributed by atoms with E-state index in [0.29, 0.717) is 28.9 Å². The highest BCUT2D eigenvalue weighted by atomic mass is 32.2. The van der Waals surface area contributed by atoms with Gasteiger partial charge in [0.1, 0.15) is 17.4 Å². The minimum atomic E-state index is 0.535. The van der Waals surface area contributed by atoms with Crippen molar-refractivity contribution in [2.75, 3.05) is 13.7 Å². The number of hydrogen-bond donors (Lipinski definition) is 0. The van der Waals surface area contributed by atoms with Gasteiger partial charge in [0, 0.05) is 30.5 Å². The zero-order valence-corrected chi connectivity index (χ0v) is 16.3. The van der Waals surface area contributed by atoms with E-state index in [1.54, 1.807) is 25.8 Å². The van der Waals surface area contributed by atoms with Crippen molar-refractivity contribution in [1.82, 2.24) is 29.7 Å². The van der Waals surface area contributed by atoms with Crippen molar-refractivity contribution in [2.45, 2.75) is 16.7 Å². The molecule has 0 amide bonds. The molecule has 0 fully saturated rings. The lowest BCUT2D eigenvalue weighted by molar-refractivity contribution is 0.185. The van der Waals surface area contributed by atoms with E-state index in [2.05, 4.69) is 25.1 Å². The van der Waals surface area contributed by atoms with Gasteiger partial charge in [-0.05, 0) is 36.0 Å². The molecule has 29 heavy (non-hydrogen) atoms. The van der Waals surface area contributed by atoms with E-state index in [9.17, 15) is 0 Å². The third-order valence-electron chi connectivity index (χ3n) is 4.49. The smallest absolute Gasteiger partial charge is 0.198 e. The molecule has 0 radical (unpaired) electrons. The van der Waals surface area contributed by atoms with Crippen molar-refractivity contribution in [3.63, 3.8) is 0 Å². The van der Waals surface area contributed by atoms with Crippen LogP contribution in [0, 0.1) is 0 Å². The zero-order chi connectivity index (χ0) is 19.6. The number of furan rings is 1. The minimum Gasteiger partial charge on any atom is -0.451 e. The van der Waals surface area contributed by atoms with Gasteiger partial charge in [-0.15, -0.1) is 10.2 Å². The number of fused-ring (bicyclic) bond motifs is 3. The summed E-state index contributed by atoms with van der Waals surface area (Å²) in [6, 6.07) is 11.6. The second-order valence-electron chi connectivity index (χ2n) is 6.24. The Morgan fingerprint density at radius 2 is 1.93 bits per heavy atom. The summed E-state index contributed by atoms with van der Waals surface area (Å²) >= 11 is 1.40. The summed E-state index contributed by atoms with van der Waals surface area (Å²) in [5, 5.41) is 11.2. The first-order valence-electron chi connectivity index (χ1n) is 8.98. The monoisotopic (exact) mass is 404 g/mol. The Labute approximate surface area is 170 Å². The van der Waals surface area contributed by atoms with Gasteiger partial charge in [-0.2, -0.15) is 0 Å². The fourth-order valence-electron chi connectivity index (χ4n) is 3.12. The molecule has 0 aliphatic carbocycles. The van der Waals surface area contributed by atoms with Crippen molar-refractivity contribution in [3.8, 4) is 11.4 Å². The molecule has 144 valence electrons. The van der Waals surface area contributed by atoms with Crippen LogP contribution in [0.4, 0.5) is 0 Å². The van der Waals surface area contributed by atoms with Gasteiger partial charge in [-0.3, -0.25) is 9.55 Å². The van der Waals surface area contributed by atoms with Crippen LogP contribution < -0.4 is 0 Å². The van der Waals surface area contributed by atoms with Gasteiger partial charge in [0.25, 0.3) is 0 Å². The second-order valence-corrected chi connectivity index (χ2v) is 7.20. The molecule has 0 N–H and O–H groups in total. The molecule has 0 bridgehead atoms. The topological polar surface area (TPSA) is 91.8 Å². The highest BCUT2D eigenvalue weighted by molar-refractivity contribution is 7.99. The first-order chi connectivity index (χ1) is 14.3. The minimum absolute atomic E-state index is 0.535. The Bertz CT molecular complexity index is 1280. The molecular weight excluding hydrogens is 388 g/mol. The molecule has 4 heterocycles. The van der Waals surface area contributed by atoms with Crippen LogP contribution in [0.25, 0.3) is 33.5 Å². The van der Waals surface area contributed by atoms with Gasteiger partial charge in [0.2, 0.25) is 0 Å². The number of ether oxygens (including phenoxy) is 1. The number of para-hydroxylation sites is 1. The molecule has 1 aromatic carbocycles. The normalized spacial score (nSPS) is 11.5. The molecule has 8 nitrogen and oxygen atoms in total. The standard InChI is InChI=1S/C20H16N6O2S/c1-27-11-10-26-18(13-6-8-21-9-7-13)24-25-20(26)29-19-17-16(22-12-23-19)14-4-2-3-5-15(14)28-17/h2-9,12H,10-11H2,1H3. The fourth-order valence-corrected chi connectivity index (χ4v) is 4.00. The summed E-state index contributed by atoms with van der Waals surface area (Å²) in [5.74, 6) is 0.752. The fraction of sp³-hybridized carbons (Fsp3) is 0.150.